The molecule has 0 radical (unpaired) electrons. The molecular weight excluding hydrogens is 305 g/mol. The van der Waals surface area contributed by atoms with E-state index in [0.29, 0.717) is 17.1 Å². The van der Waals surface area contributed by atoms with Gasteiger partial charge in [-0.25, -0.2) is 4.79 Å². The first-order chi connectivity index (χ1) is 9.43. The lowest BCUT2D eigenvalue weighted by Gasteiger charge is -2.11. The molecule has 1 aromatic rings. The maximum absolute atomic E-state index is 11.4. The van der Waals surface area contributed by atoms with Crippen LogP contribution in [0.4, 0.5) is 0 Å². The normalized spacial score (nSPS) is 10.6. The summed E-state index contributed by atoms with van der Waals surface area (Å²) in [5, 5.41) is 11.7. The Kier molecular flexibility index (Phi) is 6.35. The van der Waals surface area contributed by atoms with E-state index in [2.05, 4.69) is 5.32 Å². The molecule has 2 N–H and O–H groups in total. The topological polar surface area (TPSA) is 75.6 Å². The number of aliphatic carboxylic acids is 1. The number of carbonyl (C=O) groups excluding carboxylic acids is 1. The lowest BCUT2D eigenvalue weighted by Crippen LogP contribution is -2.28. The number of benzene rings is 1. The number of amides is 1. The molecule has 0 saturated heterocycles. The quantitative estimate of drug-likeness (QED) is 0.791. The van der Waals surface area contributed by atoms with Crippen molar-refractivity contribution < 1.29 is 19.4 Å². The molecule has 0 aromatic heterocycles. The van der Waals surface area contributed by atoms with Crippen LogP contribution < -0.4 is 10.1 Å². The number of ether oxygens (including phenoxy) is 1. The van der Waals surface area contributed by atoms with Crippen molar-refractivity contribution in [1.29, 1.82) is 0 Å². The van der Waals surface area contributed by atoms with Gasteiger partial charge in [0.1, 0.15) is 5.75 Å². The van der Waals surface area contributed by atoms with Gasteiger partial charge in [0.25, 0.3) is 5.91 Å². The summed E-state index contributed by atoms with van der Waals surface area (Å²) in [4.78, 5) is 21.9. The van der Waals surface area contributed by atoms with Crippen LogP contribution >= 0.6 is 23.2 Å². The summed E-state index contributed by atoms with van der Waals surface area (Å²) in [6, 6.07) is 2.95. The Bertz CT molecular complexity index is 543. The minimum absolute atomic E-state index is 0.201. The van der Waals surface area contributed by atoms with E-state index < -0.39 is 5.97 Å². The molecule has 20 heavy (non-hydrogen) atoms. The summed E-state index contributed by atoms with van der Waals surface area (Å²) >= 11 is 11.8. The Morgan fingerprint density at radius 2 is 2.10 bits per heavy atom. The Labute approximate surface area is 126 Å². The van der Waals surface area contributed by atoms with E-state index in [1.807, 2.05) is 0 Å². The second-order valence-corrected chi connectivity index (χ2v) is 4.56. The van der Waals surface area contributed by atoms with Gasteiger partial charge in [-0.2, -0.15) is 0 Å². The maximum atomic E-state index is 11.4. The fraction of sp³-hybridized carbons (Fsp3) is 0.231. The molecule has 0 aliphatic carbocycles. The molecule has 1 rings (SSSR count). The molecule has 0 aliphatic heterocycles. The molecule has 5 nitrogen and oxygen atoms in total. The molecule has 1 aromatic carbocycles. The van der Waals surface area contributed by atoms with Crippen LogP contribution in [-0.2, 0) is 9.59 Å². The van der Waals surface area contributed by atoms with Crippen LogP contribution in [0, 0.1) is 0 Å². The summed E-state index contributed by atoms with van der Waals surface area (Å²) in [6.07, 6.45) is 2.23. The fourth-order valence-electron chi connectivity index (χ4n) is 1.40. The van der Waals surface area contributed by atoms with E-state index in [9.17, 15) is 9.59 Å². The smallest absolute Gasteiger partial charge is 0.328 e. The molecule has 1 amide bonds. The van der Waals surface area contributed by atoms with E-state index in [0.717, 1.165) is 6.08 Å². The number of nitrogens with one attached hydrogen (secondary N) is 1. The van der Waals surface area contributed by atoms with Gasteiger partial charge >= 0.3 is 5.97 Å². The summed E-state index contributed by atoms with van der Waals surface area (Å²) in [5.74, 6) is -1.21. The molecule has 0 unspecified atom stereocenters. The van der Waals surface area contributed by atoms with Crippen LogP contribution in [0.3, 0.4) is 0 Å². The first-order valence-electron chi connectivity index (χ1n) is 5.73. The van der Waals surface area contributed by atoms with Gasteiger partial charge in [0.2, 0.25) is 0 Å². The van der Waals surface area contributed by atoms with Crippen LogP contribution in [0.15, 0.2) is 18.2 Å². The zero-order chi connectivity index (χ0) is 15.1. The van der Waals surface area contributed by atoms with Crippen molar-refractivity contribution >= 4 is 41.2 Å². The number of hydrogen-bond donors (Lipinski definition) is 2. The van der Waals surface area contributed by atoms with Crippen molar-refractivity contribution in [3.8, 4) is 5.75 Å². The third kappa shape index (κ3) is 5.11. The fourth-order valence-corrected chi connectivity index (χ4v) is 1.97. The zero-order valence-corrected chi connectivity index (χ0v) is 12.2. The molecule has 0 bridgehead atoms. The van der Waals surface area contributed by atoms with Gasteiger partial charge in [-0.05, 0) is 25.1 Å². The summed E-state index contributed by atoms with van der Waals surface area (Å²) < 4.78 is 5.32. The maximum Gasteiger partial charge on any atom is 0.328 e. The first kappa shape index (κ1) is 16.3. The first-order valence-corrected chi connectivity index (χ1v) is 6.49. The van der Waals surface area contributed by atoms with E-state index in [1.165, 1.54) is 18.2 Å². The predicted molar refractivity (Wildman–Crippen MR) is 77.3 cm³/mol. The molecule has 0 fully saturated rings. The SMILES string of the molecule is CCNC(=O)COc1c(Cl)cc(Cl)cc1/C=C/C(=O)O. The highest BCUT2D eigenvalue weighted by molar-refractivity contribution is 6.36. The third-order valence-electron chi connectivity index (χ3n) is 2.16. The Balaban J connectivity index is 2.98. The number of carbonyl (C=O) groups is 2. The summed E-state index contributed by atoms with van der Waals surface area (Å²) in [5.41, 5.74) is 0.384. The van der Waals surface area contributed by atoms with Gasteiger partial charge in [-0.15, -0.1) is 0 Å². The standard InChI is InChI=1S/C13H13Cl2NO4/c1-2-16-11(17)7-20-13-8(3-4-12(18)19)5-9(14)6-10(13)15/h3-6H,2,7H2,1H3,(H,16,17)(H,18,19)/b4-3+. The highest BCUT2D eigenvalue weighted by Crippen LogP contribution is 2.33. The van der Waals surface area contributed by atoms with Crippen LogP contribution in [0.1, 0.15) is 12.5 Å². The molecule has 0 saturated carbocycles. The van der Waals surface area contributed by atoms with Crippen molar-refractivity contribution in [1.82, 2.24) is 5.32 Å². The van der Waals surface area contributed by atoms with Gasteiger partial charge in [0, 0.05) is 23.2 Å². The van der Waals surface area contributed by atoms with E-state index >= 15 is 0 Å². The molecule has 0 aliphatic rings. The Hall–Kier alpha value is -1.72. The van der Waals surface area contributed by atoms with Crippen molar-refractivity contribution in [2.45, 2.75) is 6.92 Å². The van der Waals surface area contributed by atoms with Gasteiger partial charge in [0.15, 0.2) is 6.61 Å². The van der Waals surface area contributed by atoms with Gasteiger partial charge in [-0.3, -0.25) is 4.79 Å². The lowest BCUT2D eigenvalue weighted by atomic mass is 10.2. The second kappa shape index (κ2) is 7.77. The second-order valence-electron chi connectivity index (χ2n) is 3.72. The minimum atomic E-state index is -1.12. The van der Waals surface area contributed by atoms with Crippen molar-refractivity contribution in [3.05, 3.63) is 33.8 Å². The van der Waals surface area contributed by atoms with E-state index in [4.69, 9.17) is 33.0 Å². The van der Waals surface area contributed by atoms with E-state index in [1.54, 1.807) is 6.92 Å². The minimum Gasteiger partial charge on any atom is -0.482 e. The number of rotatable bonds is 6. The molecule has 108 valence electrons. The highest BCUT2D eigenvalue weighted by atomic mass is 35.5. The molecule has 0 atom stereocenters. The lowest BCUT2D eigenvalue weighted by molar-refractivity contribution is -0.131. The number of carboxylic acid groups (broad SMARTS) is 1. The number of hydrogen-bond acceptors (Lipinski definition) is 3. The van der Waals surface area contributed by atoms with E-state index in [-0.39, 0.29) is 23.3 Å². The Morgan fingerprint density at radius 3 is 2.70 bits per heavy atom. The molecule has 7 heteroatoms. The summed E-state index contributed by atoms with van der Waals surface area (Å²) in [6.45, 7) is 2.06. The van der Waals surface area contributed by atoms with Crippen LogP contribution in [0.2, 0.25) is 10.0 Å². The largest absolute Gasteiger partial charge is 0.482 e. The highest BCUT2D eigenvalue weighted by Gasteiger charge is 2.11. The van der Waals surface area contributed by atoms with Crippen molar-refractivity contribution in [2.24, 2.45) is 0 Å². The van der Waals surface area contributed by atoms with Gasteiger partial charge in [0.05, 0.1) is 5.02 Å². The average molecular weight is 318 g/mol. The zero-order valence-electron chi connectivity index (χ0n) is 10.7. The van der Waals surface area contributed by atoms with Crippen LogP contribution in [-0.4, -0.2) is 30.1 Å². The van der Waals surface area contributed by atoms with Gasteiger partial charge < -0.3 is 15.2 Å². The van der Waals surface area contributed by atoms with Crippen molar-refractivity contribution in [3.63, 3.8) is 0 Å². The molecule has 0 heterocycles. The van der Waals surface area contributed by atoms with Crippen molar-refractivity contribution in [2.75, 3.05) is 13.2 Å². The third-order valence-corrected chi connectivity index (χ3v) is 2.66. The average Bonchev–Trinajstić information content (AvgIpc) is 2.35. The molecule has 0 spiro atoms. The van der Waals surface area contributed by atoms with Crippen LogP contribution in [0.25, 0.3) is 6.08 Å². The van der Waals surface area contributed by atoms with Gasteiger partial charge in [-0.1, -0.05) is 23.2 Å². The Morgan fingerprint density at radius 1 is 1.40 bits per heavy atom. The predicted octanol–water partition coefficient (Wildman–Crippen LogP) is 2.61. The monoisotopic (exact) mass is 317 g/mol. The van der Waals surface area contributed by atoms with Crippen LogP contribution in [0.5, 0.6) is 5.75 Å². The number of likely N-dealkylation sites (N-methyl/N-ethyl adjacent to an activating group) is 1. The summed E-state index contributed by atoms with van der Waals surface area (Å²) in [7, 11) is 0. The number of carboxylic acids is 1. The molecular formula is C13H13Cl2NO4. The number of halogens is 2.